The molecule has 0 saturated carbocycles. The van der Waals surface area contributed by atoms with Crippen molar-refractivity contribution in [1.82, 2.24) is 20.1 Å². The minimum atomic E-state index is -2.89. The summed E-state index contributed by atoms with van der Waals surface area (Å²) in [6.45, 7) is 0.556. The third-order valence-corrected chi connectivity index (χ3v) is 4.08. The van der Waals surface area contributed by atoms with Crippen molar-refractivity contribution >= 4 is 0 Å². The zero-order valence-electron chi connectivity index (χ0n) is 13.6. The molecule has 1 N–H and O–H groups in total. The number of halogens is 2. The van der Waals surface area contributed by atoms with E-state index >= 15 is 0 Å². The van der Waals surface area contributed by atoms with Gasteiger partial charge in [-0.25, -0.2) is 0 Å². The Kier molecular flexibility index (Phi) is 4.94. The topological polar surface area (TPSA) is 61.2 Å². The molecule has 1 unspecified atom stereocenters. The highest BCUT2D eigenvalue weighted by Crippen LogP contribution is 2.29. The van der Waals surface area contributed by atoms with E-state index in [-0.39, 0.29) is 17.5 Å². The van der Waals surface area contributed by atoms with Gasteiger partial charge < -0.3 is 19.4 Å². The fourth-order valence-corrected chi connectivity index (χ4v) is 2.87. The molecule has 0 bridgehead atoms. The number of hydrogen-bond acceptors (Lipinski definition) is 5. The van der Waals surface area contributed by atoms with E-state index in [0.717, 1.165) is 36.6 Å². The number of hydrogen-bond donors (Lipinski definition) is 1. The summed E-state index contributed by atoms with van der Waals surface area (Å²) in [6, 6.07) is 4.99. The fourth-order valence-electron chi connectivity index (χ4n) is 2.87. The Balaban J connectivity index is 1.67. The first kappa shape index (κ1) is 16.6. The first-order valence-corrected chi connectivity index (χ1v) is 7.85. The van der Waals surface area contributed by atoms with Gasteiger partial charge in [-0.1, -0.05) is 6.07 Å². The van der Waals surface area contributed by atoms with Crippen LogP contribution in [0.2, 0.25) is 0 Å². The SMILES string of the molecule is COc1ccc(CNC(C)c2nnc3n2CCC3)cc1OC(F)F. The number of rotatable bonds is 7. The molecule has 6 nitrogen and oxygen atoms in total. The lowest BCUT2D eigenvalue weighted by atomic mass is 10.2. The van der Waals surface area contributed by atoms with Crippen LogP contribution in [0.3, 0.4) is 0 Å². The second-order valence-electron chi connectivity index (χ2n) is 5.70. The maximum Gasteiger partial charge on any atom is 0.387 e. The van der Waals surface area contributed by atoms with Gasteiger partial charge in [-0.05, 0) is 31.0 Å². The van der Waals surface area contributed by atoms with Crippen LogP contribution in [0.15, 0.2) is 18.2 Å². The summed E-state index contributed by atoms with van der Waals surface area (Å²) in [5.74, 6) is 2.24. The van der Waals surface area contributed by atoms with Gasteiger partial charge in [0.05, 0.1) is 13.2 Å². The molecule has 0 spiro atoms. The van der Waals surface area contributed by atoms with Crippen molar-refractivity contribution in [3.8, 4) is 11.5 Å². The highest BCUT2D eigenvalue weighted by Gasteiger charge is 2.21. The summed E-state index contributed by atoms with van der Waals surface area (Å²) in [5.41, 5.74) is 0.819. The summed E-state index contributed by atoms with van der Waals surface area (Å²) < 4.78 is 36.6. The molecule has 2 aromatic rings. The molecule has 1 aromatic carbocycles. The molecule has 1 aromatic heterocycles. The molecule has 130 valence electrons. The molecule has 2 heterocycles. The van der Waals surface area contributed by atoms with Crippen molar-refractivity contribution in [3.05, 3.63) is 35.4 Å². The van der Waals surface area contributed by atoms with Gasteiger partial charge in [-0.2, -0.15) is 8.78 Å². The third kappa shape index (κ3) is 3.48. The minimum absolute atomic E-state index is 0.00548. The van der Waals surface area contributed by atoms with Gasteiger partial charge in [-0.3, -0.25) is 0 Å². The molecular weight excluding hydrogens is 318 g/mol. The average molecular weight is 338 g/mol. The molecule has 0 saturated heterocycles. The van der Waals surface area contributed by atoms with Crippen LogP contribution in [-0.4, -0.2) is 28.5 Å². The van der Waals surface area contributed by atoms with E-state index in [1.54, 1.807) is 12.1 Å². The molecule has 0 aliphatic carbocycles. The van der Waals surface area contributed by atoms with E-state index in [9.17, 15) is 8.78 Å². The van der Waals surface area contributed by atoms with E-state index in [0.29, 0.717) is 6.54 Å². The maximum absolute atomic E-state index is 12.5. The lowest BCUT2D eigenvalue weighted by Crippen LogP contribution is -2.21. The van der Waals surface area contributed by atoms with Gasteiger partial charge in [0.1, 0.15) is 11.6 Å². The van der Waals surface area contributed by atoms with E-state index in [2.05, 4.69) is 24.8 Å². The lowest BCUT2D eigenvalue weighted by Gasteiger charge is -2.15. The number of alkyl halides is 2. The fraction of sp³-hybridized carbons (Fsp3) is 0.500. The average Bonchev–Trinajstić information content (AvgIpc) is 3.15. The van der Waals surface area contributed by atoms with Crippen LogP contribution in [0.4, 0.5) is 8.78 Å². The number of benzene rings is 1. The standard InChI is InChI=1S/C16H20F2N4O2/c1-10(15-21-20-14-4-3-7-22(14)15)19-9-11-5-6-12(23-2)13(8-11)24-16(17)18/h5-6,8,10,16,19H,3-4,7,9H2,1-2H3. The summed E-state index contributed by atoms with van der Waals surface area (Å²) in [7, 11) is 1.42. The monoisotopic (exact) mass is 338 g/mol. The van der Waals surface area contributed by atoms with Gasteiger partial charge in [0.25, 0.3) is 0 Å². The van der Waals surface area contributed by atoms with Gasteiger partial charge in [0.2, 0.25) is 0 Å². The normalized spacial score (nSPS) is 14.7. The summed E-state index contributed by atoms with van der Waals surface area (Å²) in [6.07, 6.45) is 2.06. The summed E-state index contributed by atoms with van der Waals surface area (Å²) >= 11 is 0. The number of fused-ring (bicyclic) bond motifs is 1. The van der Waals surface area contributed by atoms with Crippen LogP contribution >= 0.6 is 0 Å². The molecule has 8 heteroatoms. The predicted molar refractivity (Wildman–Crippen MR) is 83.2 cm³/mol. The van der Waals surface area contributed by atoms with Crippen molar-refractivity contribution < 1.29 is 18.3 Å². The Morgan fingerprint density at radius 2 is 2.12 bits per heavy atom. The second kappa shape index (κ2) is 7.12. The summed E-state index contributed by atoms with van der Waals surface area (Å²) in [5, 5.41) is 11.8. The van der Waals surface area contributed by atoms with Crippen LogP contribution in [0, 0.1) is 0 Å². The Morgan fingerprint density at radius 3 is 2.88 bits per heavy atom. The van der Waals surface area contributed by atoms with Crippen molar-refractivity contribution in [3.63, 3.8) is 0 Å². The number of aryl methyl sites for hydroxylation is 1. The molecule has 0 amide bonds. The number of aromatic nitrogens is 3. The molecule has 1 aliphatic rings. The van der Waals surface area contributed by atoms with Gasteiger partial charge in [0.15, 0.2) is 11.5 Å². The van der Waals surface area contributed by atoms with Crippen LogP contribution in [0.1, 0.15) is 36.6 Å². The van der Waals surface area contributed by atoms with Crippen LogP contribution in [0.25, 0.3) is 0 Å². The molecule has 24 heavy (non-hydrogen) atoms. The predicted octanol–water partition coefficient (Wildman–Crippen LogP) is 2.69. The van der Waals surface area contributed by atoms with Gasteiger partial charge in [0, 0.05) is 19.5 Å². The largest absolute Gasteiger partial charge is 0.493 e. The van der Waals surface area contributed by atoms with Crippen LogP contribution in [-0.2, 0) is 19.5 Å². The Labute approximate surface area is 138 Å². The Hall–Kier alpha value is -2.22. The van der Waals surface area contributed by atoms with Crippen molar-refractivity contribution in [2.45, 2.75) is 45.5 Å². The van der Waals surface area contributed by atoms with E-state index in [1.807, 2.05) is 13.0 Å². The Morgan fingerprint density at radius 1 is 1.29 bits per heavy atom. The molecule has 1 atom stereocenters. The molecule has 1 aliphatic heterocycles. The van der Waals surface area contributed by atoms with E-state index in [4.69, 9.17) is 4.74 Å². The van der Waals surface area contributed by atoms with Crippen LogP contribution < -0.4 is 14.8 Å². The van der Waals surface area contributed by atoms with Crippen molar-refractivity contribution in [1.29, 1.82) is 0 Å². The first-order chi connectivity index (χ1) is 11.6. The lowest BCUT2D eigenvalue weighted by molar-refractivity contribution is -0.0512. The first-order valence-electron chi connectivity index (χ1n) is 7.85. The third-order valence-electron chi connectivity index (χ3n) is 4.08. The van der Waals surface area contributed by atoms with Gasteiger partial charge >= 0.3 is 6.61 Å². The zero-order chi connectivity index (χ0) is 17.1. The molecule has 0 radical (unpaired) electrons. The molecule has 3 rings (SSSR count). The van der Waals surface area contributed by atoms with Crippen molar-refractivity contribution in [2.24, 2.45) is 0 Å². The highest BCUT2D eigenvalue weighted by molar-refractivity contribution is 5.43. The van der Waals surface area contributed by atoms with Crippen LogP contribution in [0.5, 0.6) is 11.5 Å². The zero-order valence-corrected chi connectivity index (χ0v) is 13.6. The van der Waals surface area contributed by atoms with Crippen molar-refractivity contribution in [2.75, 3.05) is 7.11 Å². The van der Waals surface area contributed by atoms with E-state index < -0.39 is 6.61 Å². The number of methoxy groups -OCH3 is 1. The molecule has 0 fully saturated rings. The number of ether oxygens (including phenoxy) is 2. The number of nitrogens with one attached hydrogen (secondary N) is 1. The van der Waals surface area contributed by atoms with Gasteiger partial charge in [-0.15, -0.1) is 10.2 Å². The maximum atomic E-state index is 12.5. The number of nitrogens with zero attached hydrogens (tertiary/aromatic N) is 3. The summed E-state index contributed by atoms with van der Waals surface area (Å²) in [4.78, 5) is 0. The Bertz CT molecular complexity index is 705. The minimum Gasteiger partial charge on any atom is -0.493 e. The highest BCUT2D eigenvalue weighted by atomic mass is 19.3. The smallest absolute Gasteiger partial charge is 0.387 e. The second-order valence-corrected chi connectivity index (χ2v) is 5.70. The molecular formula is C16H20F2N4O2. The van der Waals surface area contributed by atoms with E-state index in [1.165, 1.54) is 7.11 Å². The quantitative estimate of drug-likeness (QED) is 0.841.